The fourth-order valence-electron chi connectivity index (χ4n) is 3.77. The van der Waals surface area contributed by atoms with Crippen LogP contribution in [0.2, 0.25) is 0 Å². The van der Waals surface area contributed by atoms with Crippen molar-refractivity contribution < 1.29 is 31.9 Å². The van der Waals surface area contributed by atoms with Gasteiger partial charge in [0.15, 0.2) is 6.10 Å². The number of anilines is 2. The van der Waals surface area contributed by atoms with Crippen LogP contribution in [0.4, 0.5) is 15.8 Å². The summed E-state index contributed by atoms with van der Waals surface area (Å²) in [5.74, 6) is -2.27. The number of hydrogen-bond donors (Lipinski definition) is 1. The minimum absolute atomic E-state index is 0.0584. The fourth-order valence-corrected chi connectivity index (χ4v) is 5.30. The first-order chi connectivity index (χ1) is 16.7. The molecule has 4 rings (SSSR count). The zero-order chi connectivity index (χ0) is 25.2. The largest absolute Gasteiger partial charge is 0.496 e. The zero-order valence-electron chi connectivity index (χ0n) is 19.0. The van der Waals surface area contributed by atoms with Crippen LogP contribution in [0, 0.1) is 5.82 Å². The topological polar surface area (TPSA) is 102 Å². The molecule has 35 heavy (non-hydrogen) atoms. The molecule has 0 unspecified atom stereocenters. The van der Waals surface area contributed by atoms with Gasteiger partial charge in [0.25, 0.3) is 15.9 Å². The number of methoxy groups -OCH3 is 1. The Balaban J connectivity index is 1.56. The van der Waals surface area contributed by atoms with Gasteiger partial charge in [-0.2, -0.15) is 0 Å². The lowest BCUT2D eigenvalue weighted by molar-refractivity contribution is -0.123. The van der Waals surface area contributed by atoms with Crippen molar-refractivity contribution in [2.24, 2.45) is 0 Å². The molecule has 0 radical (unpaired) electrons. The Hall–Kier alpha value is -3.92. The summed E-state index contributed by atoms with van der Waals surface area (Å²) in [4.78, 5) is 25.2. The number of carbonyl (C=O) groups is 2. The van der Waals surface area contributed by atoms with Gasteiger partial charge in [-0.15, -0.1) is 0 Å². The second-order valence-electron chi connectivity index (χ2n) is 7.83. The van der Waals surface area contributed by atoms with E-state index in [2.05, 4.69) is 5.32 Å². The SMILES string of the molecule is COc1ccc(S(=O)(=O)N2CCc3ccccc32)cc1C(=O)O[C@H](C)C(=O)Nc1ccccc1F. The van der Waals surface area contributed by atoms with Gasteiger partial charge in [-0.1, -0.05) is 30.3 Å². The molecule has 1 amide bonds. The third-order valence-corrected chi connectivity index (χ3v) is 7.42. The molecule has 0 fully saturated rings. The van der Waals surface area contributed by atoms with Crippen LogP contribution in [0.1, 0.15) is 22.8 Å². The third-order valence-electron chi connectivity index (χ3n) is 5.61. The van der Waals surface area contributed by atoms with Crippen LogP contribution >= 0.6 is 0 Å². The minimum atomic E-state index is -3.97. The highest BCUT2D eigenvalue weighted by Crippen LogP contribution is 2.34. The van der Waals surface area contributed by atoms with Gasteiger partial charge in [-0.25, -0.2) is 17.6 Å². The minimum Gasteiger partial charge on any atom is -0.496 e. The fraction of sp³-hybridized carbons (Fsp3) is 0.200. The molecule has 0 saturated heterocycles. The Morgan fingerprint density at radius 2 is 1.77 bits per heavy atom. The van der Waals surface area contributed by atoms with Crippen molar-refractivity contribution in [2.75, 3.05) is 23.3 Å². The summed E-state index contributed by atoms with van der Waals surface area (Å²) < 4.78 is 52.3. The predicted octanol–water partition coefficient (Wildman–Crippen LogP) is 3.77. The number of halogens is 1. The van der Waals surface area contributed by atoms with Crippen LogP contribution in [0.15, 0.2) is 71.6 Å². The van der Waals surface area contributed by atoms with Crippen molar-refractivity contribution >= 4 is 33.3 Å². The standard InChI is InChI=1S/C25H23FN2O6S/c1-16(24(29)27-21-9-5-4-8-20(21)26)34-25(30)19-15-18(11-12-23(19)33-2)35(31,32)28-14-13-17-7-3-6-10-22(17)28/h3-12,15-16H,13-14H2,1-2H3,(H,27,29)/t16-/m1/s1. The van der Waals surface area contributed by atoms with Gasteiger partial charge in [0, 0.05) is 6.54 Å². The molecule has 1 N–H and O–H groups in total. The molecule has 1 atom stereocenters. The van der Waals surface area contributed by atoms with E-state index in [4.69, 9.17) is 9.47 Å². The number of para-hydroxylation sites is 2. The number of carbonyl (C=O) groups excluding carboxylic acids is 2. The number of amides is 1. The molecule has 3 aromatic rings. The number of hydrogen-bond acceptors (Lipinski definition) is 6. The molecule has 0 aromatic heterocycles. The highest BCUT2D eigenvalue weighted by Gasteiger charge is 2.32. The lowest BCUT2D eigenvalue weighted by Crippen LogP contribution is -2.31. The summed E-state index contributed by atoms with van der Waals surface area (Å²) in [5.41, 5.74) is 1.29. The average molecular weight is 499 g/mol. The Morgan fingerprint density at radius 1 is 1.06 bits per heavy atom. The summed E-state index contributed by atoms with van der Waals surface area (Å²) in [6, 6.07) is 16.7. The lowest BCUT2D eigenvalue weighted by atomic mass is 10.2. The highest BCUT2D eigenvalue weighted by atomic mass is 32.2. The van der Waals surface area contributed by atoms with Crippen LogP contribution in [0.5, 0.6) is 5.75 Å². The van der Waals surface area contributed by atoms with E-state index in [0.29, 0.717) is 12.1 Å². The molecule has 1 aliphatic heterocycles. The Bertz CT molecular complexity index is 1390. The maximum Gasteiger partial charge on any atom is 0.342 e. The van der Waals surface area contributed by atoms with E-state index in [0.717, 1.165) is 5.56 Å². The van der Waals surface area contributed by atoms with Crippen molar-refractivity contribution in [3.63, 3.8) is 0 Å². The van der Waals surface area contributed by atoms with Crippen molar-refractivity contribution in [1.82, 2.24) is 0 Å². The Morgan fingerprint density at radius 3 is 2.51 bits per heavy atom. The van der Waals surface area contributed by atoms with Gasteiger partial charge < -0.3 is 14.8 Å². The molecule has 3 aromatic carbocycles. The number of rotatable bonds is 7. The first-order valence-corrected chi connectivity index (χ1v) is 12.2. The molecule has 8 nitrogen and oxygen atoms in total. The molecule has 0 saturated carbocycles. The van der Waals surface area contributed by atoms with Crippen molar-refractivity contribution in [2.45, 2.75) is 24.3 Å². The molecule has 1 aliphatic rings. The van der Waals surface area contributed by atoms with E-state index < -0.39 is 33.8 Å². The normalized spacial score (nSPS) is 13.6. The monoisotopic (exact) mass is 498 g/mol. The van der Waals surface area contributed by atoms with Crippen molar-refractivity contribution in [3.05, 3.63) is 83.7 Å². The molecular formula is C25H23FN2O6S. The van der Waals surface area contributed by atoms with Crippen molar-refractivity contribution in [1.29, 1.82) is 0 Å². The van der Waals surface area contributed by atoms with E-state index in [1.54, 1.807) is 18.2 Å². The van der Waals surface area contributed by atoms with Gasteiger partial charge in [0.2, 0.25) is 0 Å². The molecule has 1 heterocycles. The molecule has 10 heteroatoms. The van der Waals surface area contributed by atoms with Crippen molar-refractivity contribution in [3.8, 4) is 5.75 Å². The van der Waals surface area contributed by atoms with E-state index in [1.165, 1.54) is 54.7 Å². The van der Waals surface area contributed by atoms with E-state index in [-0.39, 0.29) is 28.4 Å². The summed E-state index contributed by atoms with van der Waals surface area (Å²) in [6.07, 6.45) is -0.715. The maximum absolute atomic E-state index is 13.8. The van der Waals surface area contributed by atoms with Crippen LogP contribution in [-0.4, -0.2) is 40.1 Å². The quantitative estimate of drug-likeness (QED) is 0.498. The van der Waals surface area contributed by atoms with Crippen LogP contribution < -0.4 is 14.4 Å². The number of ether oxygens (including phenoxy) is 2. The third kappa shape index (κ3) is 4.83. The highest BCUT2D eigenvalue weighted by molar-refractivity contribution is 7.92. The van der Waals surface area contributed by atoms with E-state index in [9.17, 15) is 22.4 Å². The van der Waals surface area contributed by atoms with E-state index >= 15 is 0 Å². The zero-order valence-corrected chi connectivity index (χ0v) is 19.8. The Labute approximate surface area is 202 Å². The molecular weight excluding hydrogens is 475 g/mol. The second kappa shape index (κ2) is 9.75. The number of sulfonamides is 1. The first-order valence-electron chi connectivity index (χ1n) is 10.8. The Kier molecular flexibility index (Phi) is 6.74. The number of esters is 1. The number of nitrogens with one attached hydrogen (secondary N) is 1. The molecule has 0 bridgehead atoms. The lowest BCUT2D eigenvalue weighted by Gasteiger charge is -2.20. The number of benzene rings is 3. The summed E-state index contributed by atoms with van der Waals surface area (Å²) in [7, 11) is -2.65. The first kappa shape index (κ1) is 24.2. The smallest absolute Gasteiger partial charge is 0.342 e. The van der Waals surface area contributed by atoms with Gasteiger partial charge in [-0.05, 0) is 55.3 Å². The molecule has 0 aliphatic carbocycles. The van der Waals surface area contributed by atoms with E-state index in [1.807, 2.05) is 12.1 Å². The van der Waals surface area contributed by atoms with Gasteiger partial charge in [0.1, 0.15) is 17.1 Å². The average Bonchev–Trinajstić information content (AvgIpc) is 3.30. The summed E-state index contributed by atoms with van der Waals surface area (Å²) in [5, 5.41) is 2.35. The summed E-state index contributed by atoms with van der Waals surface area (Å²) >= 11 is 0. The summed E-state index contributed by atoms with van der Waals surface area (Å²) in [6.45, 7) is 1.60. The predicted molar refractivity (Wildman–Crippen MR) is 128 cm³/mol. The number of nitrogens with zero attached hydrogens (tertiary/aromatic N) is 1. The van der Waals surface area contributed by atoms with Crippen LogP contribution in [0.25, 0.3) is 0 Å². The molecule has 0 spiro atoms. The van der Waals surface area contributed by atoms with Crippen LogP contribution in [-0.2, 0) is 26.0 Å². The van der Waals surface area contributed by atoms with Gasteiger partial charge in [-0.3, -0.25) is 9.10 Å². The maximum atomic E-state index is 13.8. The van der Waals surface area contributed by atoms with Crippen LogP contribution in [0.3, 0.4) is 0 Å². The van der Waals surface area contributed by atoms with Gasteiger partial charge >= 0.3 is 5.97 Å². The second-order valence-corrected chi connectivity index (χ2v) is 9.70. The number of fused-ring (bicyclic) bond motifs is 1. The van der Waals surface area contributed by atoms with Gasteiger partial charge in [0.05, 0.1) is 23.4 Å². The molecule has 182 valence electrons.